The average molecular weight is 360 g/mol. The Hall–Kier alpha value is -2.47. The molecule has 2 aromatic rings. The lowest BCUT2D eigenvalue weighted by Gasteiger charge is -2.24. The molecule has 26 heavy (non-hydrogen) atoms. The molecule has 0 fully saturated rings. The van der Waals surface area contributed by atoms with Gasteiger partial charge in [-0.1, -0.05) is 19.9 Å². The molecular weight excluding hydrogens is 332 g/mol. The third kappa shape index (κ3) is 5.02. The summed E-state index contributed by atoms with van der Waals surface area (Å²) in [7, 11) is 3.23. The van der Waals surface area contributed by atoms with Gasteiger partial charge in [0.05, 0.1) is 26.3 Å². The molecule has 1 aromatic heterocycles. The van der Waals surface area contributed by atoms with Gasteiger partial charge >= 0.3 is 0 Å². The lowest BCUT2D eigenvalue weighted by Crippen LogP contribution is -2.35. The van der Waals surface area contributed by atoms with Crippen LogP contribution in [0, 0.1) is 5.92 Å². The summed E-state index contributed by atoms with van der Waals surface area (Å²) in [5.41, 5.74) is 7.19. The van der Waals surface area contributed by atoms with Crippen molar-refractivity contribution in [3.05, 3.63) is 47.4 Å². The Bertz CT molecular complexity index is 724. The van der Waals surface area contributed by atoms with Crippen molar-refractivity contribution in [1.82, 2.24) is 4.90 Å². The monoisotopic (exact) mass is 360 g/mol. The predicted molar refractivity (Wildman–Crippen MR) is 101 cm³/mol. The molecule has 1 aromatic carbocycles. The van der Waals surface area contributed by atoms with Gasteiger partial charge in [-0.15, -0.1) is 0 Å². The number of amides is 1. The molecule has 1 heterocycles. The Morgan fingerprint density at radius 2 is 1.92 bits per heavy atom. The van der Waals surface area contributed by atoms with Crippen LogP contribution in [0.5, 0.6) is 11.5 Å². The minimum Gasteiger partial charge on any atom is -0.493 e. The predicted octanol–water partition coefficient (Wildman–Crippen LogP) is 3.10. The molecule has 2 N–H and O–H groups in total. The zero-order chi connectivity index (χ0) is 19.1. The topological polar surface area (TPSA) is 77.9 Å². The van der Waals surface area contributed by atoms with Crippen LogP contribution in [0.1, 0.15) is 35.5 Å². The van der Waals surface area contributed by atoms with Crippen LogP contribution in [-0.4, -0.2) is 38.1 Å². The summed E-state index contributed by atoms with van der Waals surface area (Å²) < 4.78 is 15.9. The lowest BCUT2D eigenvalue weighted by molar-refractivity contribution is 0.0737. The molecule has 1 amide bonds. The van der Waals surface area contributed by atoms with E-state index in [9.17, 15) is 4.79 Å². The van der Waals surface area contributed by atoms with Gasteiger partial charge in [-0.3, -0.25) is 4.79 Å². The molecule has 0 spiro atoms. The first-order chi connectivity index (χ1) is 12.5. The molecule has 142 valence electrons. The number of nitrogens with two attached hydrogens (primary N) is 1. The Balaban J connectivity index is 2.11. The van der Waals surface area contributed by atoms with Gasteiger partial charge in [0.15, 0.2) is 11.5 Å². The van der Waals surface area contributed by atoms with Crippen LogP contribution in [0.2, 0.25) is 0 Å². The van der Waals surface area contributed by atoms with Crippen LogP contribution in [0.4, 0.5) is 0 Å². The van der Waals surface area contributed by atoms with Crippen LogP contribution in [-0.2, 0) is 13.0 Å². The summed E-state index contributed by atoms with van der Waals surface area (Å²) in [5.74, 6) is 2.32. The maximum absolute atomic E-state index is 12.8. The first kappa shape index (κ1) is 19.8. The third-order valence-electron chi connectivity index (χ3n) is 4.09. The van der Waals surface area contributed by atoms with Gasteiger partial charge < -0.3 is 24.5 Å². The second-order valence-corrected chi connectivity index (χ2v) is 6.59. The van der Waals surface area contributed by atoms with E-state index in [0.717, 1.165) is 12.0 Å². The second-order valence-electron chi connectivity index (χ2n) is 6.59. The zero-order valence-corrected chi connectivity index (χ0v) is 16.0. The van der Waals surface area contributed by atoms with Gasteiger partial charge in [0.2, 0.25) is 0 Å². The smallest absolute Gasteiger partial charge is 0.257 e. The van der Waals surface area contributed by atoms with E-state index in [0.29, 0.717) is 41.8 Å². The van der Waals surface area contributed by atoms with E-state index in [4.69, 9.17) is 19.6 Å². The van der Waals surface area contributed by atoms with Crippen molar-refractivity contribution in [2.75, 3.05) is 27.3 Å². The number of carbonyl (C=O) groups excluding carboxylic acids is 1. The molecular formula is C20H28N2O4. The molecule has 6 heteroatoms. The Kier molecular flexibility index (Phi) is 7.09. The van der Waals surface area contributed by atoms with Crippen molar-refractivity contribution >= 4 is 5.91 Å². The highest BCUT2D eigenvalue weighted by Crippen LogP contribution is 2.27. The summed E-state index contributed by atoms with van der Waals surface area (Å²) in [6.45, 7) is 5.75. The summed E-state index contributed by atoms with van der Waals surface area (Å²) in [6.07, 6.45) is 2.20. The molecule has 0 aliphatic carbocycles. The van der Waals surface area contributed by atoms with Crippen LogP contribution >= 0.6 is 0 Å². The molecule has 0 saturated heterocycles. The Morgan fingerprint density at radius 1 is 1.19 bits per heavy atom. The van der Waals surface area contributed by atoms with Crippen molar-refractivity contribution in [3.8, 4) is 11.5 Å². The fourth-order valence-corrected chi connectivity index (χ4v) is 2.80. The van der Waals surface area contributed by atoms with Gasteiger partial charge in [-0.2, -0.15) is 0 Å². The van der Waals surface area contributed by atoms with Crippen molar-refractivity contribution in [1.29, 1.82) is 0 Å². The summed E-state index contributed by atoms with van der Waals surface area (Å²) in [6, 6.07) is 7.53. The minimum atomic E-state index is -0.0392. The van der Waals surface area contributed by atoms with Crippen LogP contribution in [0.15, 0.2) is 34.9 Å². The first-order valence-corrected chi connectivity index (χ1v) is 8.76. The molecule has 0 aliphatic rings. The van der Waals surface area contributed by atoms with Crippen molar-refractivity contribution in [2.24, 2.45) is 11.7 Å². The Labute approximate surface area is 154 Å². The number of hydrogen-bond acceptors (Lipinski definition) is 5. The number of methoxy groups -OCH3 is 2. The molecule has 0 saturated carbocycles. The molecule has 0 atom stereocenters. The van der Waals surface area contributed by atoms with Crippen LogP contribution < -0.4 is 15.2 Å². The normalized spacial score (nSPS) is 10.8. The van der Waals surface area contributed by atoms with E-state index in [2.05, 4.69) is 13.8 Å². The molecule has 0 unspecified atom stereocenters. The first-order valence-electron chi connectivity index (χ1n) is 8.76. The minimum absolute atomic E-state index is 0.0392. The highest BCUT2D eigenvalue weighted by Gasteiger charge is 2.19. The van der Waals surface area contributed by atoms with Gasteiger partial charge in [0.25, 0.3) is 5.91 Å². The van der Waals surface area contributed by atoms with Gasteiger partial charge in [-0.25, -0.2) is 0 Å². The number of nitrogens with zero attached hydrogens (tertiary/aromatic N) is 1. The van der Waals surface area contributed by atoms with E-state index in [1.54, 1.807) is 20.3 Å². The van der Waals surface area contributed by atoms with Crippen LogP contribution in [0.25, 0.3) is 0 Å². The van der Waals surface area contributed by atoms with Crippen molar-refractivity contribution in [3.63, 3.8) is 0 Å². The second kappa shape index (κ2) is 9.29. The number of furan rings is 1. The maximum atomic E-state index is 12.8. The Morgan fingerprint density at radius 3 is 2.50 bits per heavy atom. The fraction of sp³-hybridized carbons (Fsp3) is 0.450. The molecule has 2 rings (SSSR count). The molecule has 0 radical (unpaired) electrons. The van der Waals surface area contributed by atoms with Crippen LogP contribution in [0.3, 0.4) is 0 Å². The SMILES string of the molecule is COc1ccc(CCN(CC(C)C)C(=O)c2coc(CN)c2)cc1OC. The van der Waals surface area contributed by atoms with E-state index in [1.165, 1.54) is 6.26 Å². The summed E-state index contributed by atoms with van der Waals surface area (Å²) in [5, 5.41) is 0. The van der Waals surface area contributed by atoms with E-state index >= 15 is 0 Å². The highest BCUT2D eigenvalue weighted by molar-refractivity contribution is 5.94. The van der Waals surface area contributed by atoms with Gasteiger partial charge in [0, 0.05) is 13.1 Å². The number of benzene rings is 1. The lowest BCUT2D eigenvalue weighted by atomic mass is 10.1. The zero-order valence-electron chi connectivity index (χ0n) is 16.0. The summed E-state index contributed by atoms with van der Waals surface area (Å²) in [4.78, 5) is 14.7. The fourth-order valence-electron chi connectivity index (χ4n) is 2.80. The number of rotatable bonds is 9. The molecule has 0 aliphatic heterocycles. The van der Waals surface area contributed by atoms with Crippen molar-refractivity contribution < 1.29 is 18.7 Å². The number of carbonyl (C=O) groups is 1. The molecule has 6 nitrogen and oxygen atoms in total. The van der Waals surface area contributed by atoms with Gasteiger partial charge in [0.1, 0.15) is 12.0 Å². The van der Waals surface area contributed by atoms with Crippen molar-refractivity contribution in [2.45, 2.75) is 26.8 Å². The largest absolute Gasteiger partial charge is 0.493 e. The maximum Gasteiger partial charge on any atom is 0.257 e. The molecule has 0 bridgehead atoms. The van der Waals surface area contributed by atoms with E-state index in [-0.39, 0.29) is 12.5 Å². The standard InChI is InChI=1S/C20H28N2O4/c1-14(2)12-22(20(23)16-10-17(11-21)26-13-16)8-7-15-5-6-18(24-3)19(9-15)25-4/h5-6,9-10,13-14H,7-8,11-12,21H2,1-4H3. The quantitative estimate of drug-likeness (QED) is 0.743. The van der Waals surface area contributed by atoms with Gasteiger partial charge in [-0.05, 0) is 36.1 Å². The number of hydrogen-bond donors (Lipinski definition) is 1. The third-order valence-corrected chi connectivity index (χ3v) is 4.09. The highest BCUT2D eigenvalue weighted by atomic mass is 16.5. The summed E-state index contributed by atoms with van der Waals surface area (Å²) >= 11 is 0. The van der Waals surface area contributed by atoms with E-state index in [1.807, 2.05) is 23.1 Å². The number of ether oxygens (including phenoxy) is 2. The average Bonchev–Trinajstić information content (AvgIpc) is 3.13. The van der Waals surface area contributed by atoms with E-state index < -0.39 is 0 Å².